The number of hydrogen-bond acceptors (Lipinski definition) is 6. The summed E-state index contributed by atoms with van der Waals surface area (Å²) in [6.07, 6.45) is -3.89. The normalized spacial score (nSPS) is 32.1. The zero-order valence-electron chi connectivity index (χ0n) is 11.7. The van der Waals surface area contributed by atoms with Crippen molar-refractivity contribution >= 4 is 12.0 Å². The lowest BCUT2D eigenvalue weighted by molar-refractivity contribution is -0.235. The maximum Gasteiger partial charge on any atom is 0.246 e. The minimum atomic E-state index is -1.52. The third kappa shape index (κ3) is 3.90. The van der Waals surface area contributed by atoms with Crippen molar-refractivity contribution in [1.82, 2.24) is 5.32 Å². The predicted molar refractivity (Wildman–Crippen MR) is 77.4 cm³/mol. The minimum Gasteiger partial charge on any atom is -0.394 e. The largest absolute Gasteiger partial charge is 0.394 e. The Bertz CT molecular complexity index is 518. The highest BCUT2D eigenvalue weighted by Crippen LogP contribution is 2.19. The Balaban J connectivity index is 1.97. The van der Waals surface area contributed by atoms with E-state index in [0.717, 1.165) is 5.56 Å². The first-order valence-electron chi connectivity index (χ1n) is 6.87. The van der Waals surface area contributed by atoms with Gasteiger partial charge in [0.25, 0.3) is 0 Å². The fourth-order valence-electron chi connectivity index (χ4n) is 2.15. The molecule has 1 heterocycles. The van der Waals surface area contributed by atoms with E-state index in [1.54, 1.807) is 6.08 Å². The molecule has 0 spiro atoms. The molecular formula is C15H19NO6. The molecule has 5 atom stereocenters. The molecule has 1 aromatic rings. The van der Waals surface area contributed by atoms with E-state index in [1.165, 1.54) is 6.08 Å². The summed E-state index contributed by atoms with van der Waals surface area (Å²) in [5, 5.41) is 40.5. The van der Waals surface area contributed by atoms with Crippen LogP contribution in [-0.4, -0.2) is 63.6 Å². The van der Waals surface area contributed by atoms with Gasteiger partial charge in [0.15, 0.2) is 6.23 Å². The van der Waals surface area contributed by atoms with Crippen LogP contribution in [0.5, 0.6) is 0 Å². The van der Waals surface area contributed by atoms with Crippen molar-refractivity contribution in [2.45, 2.75) is 30.6 Å². The second kappa shape index (κ2) is 7.48. The highest BCUT2D eigenvalue weighted by atomic mass is 16.6. The Labute approximate surface area is 127 Å². The zero-order valence-corrected chi connectivity index (χ0v) is 11.7. The summed E-state index contributed by atoms with van der Waals surface area (Å²) in [6, 6.07) is 9.14. The lowest BCUT2D eigenvalue weighted by Gasteiger charge is -2.39. The number of carbonyl (C=O) groups excluding carboxylic acids is 1. The fraction of sp³-hybridized carbons (Fsp3) is 0.400. The molecule has 0 unspecified atom stereocenters. The van der Waals surface area contributed by atoms with Crippen LogP contribution in [0.1, 0.15) is 5.56 Å². The van der Waals surface area contributed by atoms with Crippen LogP contribution in [0.2, 0.25) is 0 Å². The third-order valence-electron chi connectivity index (χ3n) is 3.40. The van der Waals surface area contributed by atoms with Crippen molar-refractivity contribution in [1.29, 1.82) is 0 Å². The van der Waals surface area contributed by atoms with Crippen LogP contribution in [-0.2, 0) is 9.53 Å². The van der Waals surface area contributed by atoms with E-state index in [2.05, 4.69) is 5.32 Å². The Morgan fingerprint density at radius 1 is 1.14 bits per heavy atom. The molecule has 7 heteroatoms. The summed E-state index contributed by atoms with van der Waals surface area (Å²) in [7, 11) is 0. The summed E-state index contributed by atoms with van der Waals surface area (Å²) < 4.78 is 5.18. The molecule has 22 heavy (non-hydrogen) atoms. The number of amides is 1. The predicted octanol–water partition coefficient (Wildman–Crippen LogP) is -1.38. The van der Waals surface area contributed by atoms with Gasteiger partial charge in [-0.2, -0.15) is 0 Å². The van der Waals surface area contributed by atoms with Gasteiger partial charge in [0.2, 0.25) is 5.91 Å². The highest BCUT2D eigenvalue weighted by Gasteiger charge is 2.43. The van der Waals surface area contributed by atoms with E-state index in [4.69, 9.17) is 9.84 Å². The Hall–Kier alpha value is -1.77. The minimum absolute atomic E-state index is 0.534. The number of carbonyl (C=O) groups is 1. The Morgan fingerprint density at radius 2 is 1.82 bits per heavy atom. The van der Waals surface area contributed by atoms with Crippen molar-refractivity contribution in [2.75, 3.05) is 6.61 Å². The molecule has 1 aromatic carbocycles. The first kappa shape index (κ1) is 16.6. The SMILES string of the molecule is O=C(/C=C/c1ccccc1)N[C@@H]1O[C@H](CO)[C@@H](O)[C@H](O)[C@@H]1O. The fourth-order valence-corrected chi connectivity index (χ4v) is 2.15. The molecule has 120 valence electrons. The topological polar surface area (TPSA) is 119 Å². The summed E-state index contributed by atoms with van der Waals surface area (Å²) >= 11 is 0. The number of aliphatic hydroxyl groups excluding tert-OH is 4. The molecule has 1 fully saturated rings. The van der Waals surface area contributed by atoms with Crippen molar-refractivity contribution in [3.05, 3.63) is 42.0 Å². The van der Waals surface area contributed by atoms with Gasteiger partial charge < -0.3 is 30.5 Å². The highest BCUT2D eigenvalue weighted by molar-refractivity contribution is 5.91. The number of aliphatic hydroxyl groups is 4. The Kier molecular flexibility index (Phi) is 5.64. The molecule has 1 amide bonds. The molecule has 5 N–H and O–H groups in total. The van der Waals surface area contributed by atoms with Gasteiger partial charge in [0.05, 0.1) is 6.61 Å². The lowest BCUT2D eigenvalue weighted by Crippen LogP contribution is -2.63. The van der Waals surface area contributed by atoms with E-state index < -0.39 is 43.2 Å². The number of nitrogens with one attached hydrogen (secondary N) is 1. The Morgan fingerprint density at radius 3 is 2.45 bits per heavy atom. The molecule has 0 saturated carbocycles. The van der Waals surface area contributed by atoms with Gasteiger partial charge in [0, 0.05) is 6.08 Å². The van der Waals surface area contributed by atoms with Crippen molar-refractivity contribution in [3.8, 4) is 0 Å². The van der Waals surface area contributed by atoms with Gasteiger partial charge in [0.1, 0.15) is 24.4 Å². The van der Waals surface area contributed by atoms with Crippen LogP contribution < -0.4 is 5.32 Å². The molecule has 0 aromatic heterocycles. The monoisotopic (exact) mass is 309 g/mol. The summed E-state index contributed by atoms with van der Waals surface area (Å²) in [5.41, 5.74) is 0.825. The average molecular weight is 309 g/mol. The van der Waals surface area contributed by atoms with Gasteiger partial charge in [-0.05, 0) is 11.6 Å². The molecule has 2 rings (SSSR count). The summed E-state index contributed by atoms with van der Waals surface area (Å²) in [5.74, 6) is -0.534. The number of hydrogen-bond donors (Lipinski definition) is 5. The molecule has 1 saturated heterocycles. The van der Waals surface area contributed by atoms with Crippen molar-refractivity contribution in [3.63, 3.8) is 0 Å². The second-order valence-electron chi connectivity index (χ2n) is 5.00. The maximum absolute atomic E-state index is 11.8. The smallest absolute Gasteiger partial charge is 0.246 e. The molecule has 7 nitrogen and oxygen atoms in total. The van der Waals surface area contributed by atoms with Gasteiger partial charge >= 0.3 is 0 Å². The molecule has 1 aliphatic rings. The number of rotatable bonds is 4. The van der Waals surface area contributed by atoms with Crippen LogP contribution in [0.3, 0.4) is 0 Å². The second-order valence-corrected chi connectivity index (χ2v) is 5.00. The quantitative estimate of drug-likeness (QED) is 0.437. The molecular weight excluding hydrogens is 290 g/mol. The van der Waals surface area contributed by atoms with E-state index in [0.29, 0.717) is 0 Å². The molecule has 1 aliphatic heterocycles. The summed E-state index contributed by atoms with van der Waals surface area (Å²) in [4.78, 5) is 11.8. The van der Waals surface area contributed by atoms with Gasteiger partial charge in [-0.25, -0.2) is 0 Å². The van der Waals surface area contributed by atoms with E-state index >= 15 is 0 Å². The van der Waals surface area contributed by atoms with E-state index in [-0.39, 0.29) is 0 Å². The van der Waals surface area contributed by atoms with Crippen LogP contribution >= 0.6 is 0 Å². The molecule has 0 aliphatic carbocycles. The van der Waals surface area contributed by atoms with Crippen molar-refractivity contribution in [2.24, 2.45) is 0 Å². The average Bonchev–Trinajstić information content (AvgIpc) is 2.54. The third-order valence-corrected chi connectivity index (χ3v) is 3.40. The lowest BCUT2D eigenvalue weighted by atomic mass is 9.98. The summed E-state index contributed by atoms with van der Waals surface area (Å²) in [6.45, 7) is -0.544. The first-order chi connectivity index (χ1) is 10.5. The zero-order chi connectivity index (χ0) is 16.1. The molecule has 0 bridgehead atoms. The van der Waals surface area contributed by atoms with Crippen LogP contribution in [0.25, 0.3) is 6.08 Å². The van der Waals surface area contributed by atoms with Gasteiger partial charge in [-0.15, -0.1) is 0 Å². The van der Waals surface area contributed by atoms with Gasteiger partial charge in [-0.1, -0.05) is 30.3 Å². The van der Waals surface area contributed by atoms with Gasteiger partial charge in [-0.3, -0.25) is 4.79 Å². The van der Waals surface area contributed by atoms with E-state index in [1.807, 2.05) is 30.3 Å². The number of benzene rings is 1. The standard InChI is InChI=1S/C15H19NO6/c17-8-10-12(19)13(20)14(21)15(22-10)16-11(18)7-6-9-4-2-1-3-5-9/h1-7,10,12-15,17,19-21H,8H2,(H,16,18)/b7-6+/t10-,12-,13+,14+,15-/m1/s1. The van der Waals surface area contributed by atoms with Crippen molar-refractivity contribution < 1.29 is 30.0 Å². The van der Waals surface area contributed by atoms with Crippen LogP contribution in [0.15, 0.2) is 36.4 Å². The molecule has 0 radical (unpaired) electrons. The number of ether oxygens (including phenoxy) is 1. The van der Waals surface area contributed by atoms with Crippen LogP contribution in [0, 0.1) is 0 Å². The first-order valence-corrected chi connectivity index (χ1v) is 6.87. The van der Waals surface area contributed by atoms with Crippen LogP contribution in [0.4, 0.5) is 0 Å². The maximum atomic E-state index is 11.8. The van der Waals surface area contributed by atoms with E-state index in [9.17, 15) is 20.1 Å².